The zero-order valence-electron chi connectivity index (χ0n) is 20.0. The summed E-state index contributed by atoms with van der Waals surface area (Å²) in [5.74, 6) is 0.434. The van der Waals surface area contributed by atoms with Crippen molar-refractivity contribution in [1.82, 2.24) is 15.6 Å². The second-order valence-corrected chi connectivity index (χ2v) is 8.23. The minimum absolute atomic E-state index is 0.225. The van der Waals surface area contributed by atoms with Crippen molar-refractivity contribution in [3.8, 4) is 11.5 Å². The molecule has 3 aromatic carbocycles. The van der Waals surface area contributed by atoms with E-state index in [4.69, 9.17) is 9.47 Å². The van der Waals surface area contributed by atoms with Crippen LogP contribution in [0, 0.1) is 0 Å². The van der Waals surface area contributed by atoms with E-state index in [9.17, 15) is 9.59 Å². The van der Waals surface area contributed by atoms with E-state index >= 15 is 0 Å². The molecule has 0 aliphatic heterocycles. The van der Waals surface area contributed by atoms with Crippen LogP contribution in [0.1, 0.15) is 34.3 Å². The number of carbonyl (C=O) groups excluding carboxylic acids is 2. The molecule has 35 heavy (non-hydrogen) atoms. The molecule has 4 aromatic rings. The molecule has 7 heteroatoms. The molecule has 7 nitrogen and oxygen atoms in total. The number of aromatic nitrogens is 1. The Bertz CT molecular complexity index is 1320. The summed E-state index contributed by atoms with van der Waals surface area (Å²) >= 11 is 0. The number of methoxy groups -OCH3 is 2. The molecular formula is C28H29N3O4. The van der Waals surface area contributed by atoms with Crippen molar-refractivity contribution >= 4 is 22.7 Å². The normalized spacial score (nSPS) is 12.5. The Hall–Kier alpha value is -4.26. The maximum atomic E-state index is 13.0. The maximum Gasteiger partial charge on any atom is 0.251 e. The van der Waals surface area contributed by atoms with Crippen LogP contribution in [-0.2, 0) is 4.79 Å². The standard InChI is InChI=1S/C28H29N3O4/c1-18(31-28(33)19-10-5-4-6-11-19)27(32)30-17-23(21-13-9-15-25(34-2)26(21)35-3)22-16-29-24-14-8-7-12-20(22)24/h4-16,18,23,29H,17H2,1-3H3,(H,30,32)(H,31,33). The Morgan fingerprint density at radius 2 is 1.63 bits per heavy atom. The fraction of sp³-hybridized carbons (Fsp3) is 0.214. The maximum absolute atomic E-state index is 13.0. The lowest BCUT2D eigenvalue weighted by atomic mass is 9.89. The molecule has 0 aliphatic carbocycles. The van der Waals surface area contributed by atoms with Crippen molar-refractivity contribution in [2.24, 2.45) is 0 Å². The Morgan fingerprint density at radius 1 is 0.886 bits per heavy atom. The van der Waals surface area contributed by atoms with Gasteiger partial charge in [0.05, 0.1) is 14.2 Å². The number of hydrogen-bond donors (Lipinski definition) is 3. The Balaban J connectivity index is 1.59. The summed E-state index contributed by atoms with van der Waals surface area (Å²) in [7, 11) is 3.20. The fourth-order valence-electron chi connectivity index (χ4n) is 4.25. The molecule has 0 saturated heterocycles. The van der Waals surface area contributed by atoms with Gasteiger partial charge in [-0.3, -0.25) is 9.59 Å². The number of fused-ring (bicyclic) bond motifs is 1. The lowest BCUT2D eigenvalue weighted by molar-refractivity contribution is -0.122. The van der Waals surface area contributed by atoms with Gasteiger partial charge in [0.25, 0.3) is 5.91 Å². The van der Waals surface area contributed by atoms with Crippen LogP contribution in [0.15, 0.2) is 79.0 Å². The number of H-pyrrole nitrogens is 1. The predicted molar refractivity (Wildman–Crippen MR) is 136 cm³/mol. The van der Waals surface area contributed by atoms with E-state index in [-0.39, 0.29) is 17.7 Å². The quantitative estimate of drug-likeness (QED) is 0.340. The molecule has 0 radical (unpaired) electrons. The van der Waals surface area contributed by atoms with Crippen LogP contribution in [0.25, 0.3) is 10.9 Å². The molecule has 1 heterocycles. The average molecular weight is 472 g/mol. The first-order valence-electron chi connectivity index (χ1n) is 11.4. The summed E-state index contributed by atoms with van der Waals surface area (Å²) in [6.07, 6.45) is 1.96. The van der Waals surface area contributed by atoms with Crippen LogP contribution in [0.3, 0.4) is 0 Å². The summed E-state index contributed by atoms with van der Waals surface area (Å²) in [5.41, 5.74) is 3.42. The van der Waals surface area contributed by atoms with Crippen molar-refractivity contribution in [3.63, 3.8) is 0 Å². The van der Waals surface area contributed by atoms with Crippen LogP contribution < -0.4 is 20.1 Å². The van der Waals surface area contributed by atoms with Gasteiger partial charge in [0.1, 0.15) is 6.04 Å². The molecule has 0 saturated carbocycles. The zero-order chi connectivity index (χ0) is 24.8. The first kappa shape index (κ1) is 23.9. The van der Waals surface area contributed by atoms with Crippen molar-refractivity contribution in [1.29, 1.82) is 0 Å². The molecule has 0 spiro atoms. The number of hydrogen-bond acceptors (Lipinski definition) is 4. The third-order valence-electron chi connectivity index (χ3n) is 6.06. The second-order valence-electron chi connectivity index (χ2n) is 8.23. The molecule has 2 atom stereocenters. The monoisotopic (exact) mass is 471 g/mol. The van der Waals surface area contributed by atoms with E-state index in [1.54, 1.807) is 45.4 Å². The summed E-state index contributed by atoms with van der Waals surface area (Å²) in [5, 5.41) is 6.84. The zero-order valence-corrected chi connectivity index (χ0v) is 20.0. The average Bonchev–Trinajstić information content (AvgIpc) is 3.32. The Morgan fingerprint density at radius 3 is 2.37 bits per heavy atom. The van der Waals surface area contributed by atoms with Crippen LogP contribution in [0.2, 0.25) is 0 Å². The molecular weight excluding hydrogens is 442 g/mol. The van der Waals surface area contributed by atoms with Crippen molar-refractivity contribution in [2.75, 3.05) is 20.8 Å². The third kappa shape index (κ3) is 5.14. The number of ether oxygens (including phenoxy) is 2. The number of aromatic amines is 1. The topological polar surface area (TPSA) is 92.5 Å². The first-order chi connectivity index (χ1) is 17.0. The van der Waals surface area contributed by atoms with Crippen LogP contribution in [-0.4, -0.2) is 43.6 Å². The number of carbonyl (C=O) groups is 2. The number of amides is 2. The molecule has 3 N–H and O–H groups in total. The lowest BCUT2D eigenvalue weighted by Crippen LogP contribution is -2.45. The van der Waals surface area contributed by atoms with Crippen LogP contribution in [0.5, 0.6) is 11.5 Å². The molecule has 1 aromatic heterocycles. The largest absolute Gasteiger partial charge is 0.493 e. The molecule has 0 aliphatic rings. The molecule has 0 fully saturated rings. The summed E-state index contributed by atoms with van der Waals surface area (Å²) in [6.45, 7) is 1.97. The fourth-order valence-corrected chi connectivity index (χ4v) is 4.25. The molecule has 4 rings (SSSR count). The highest BCUT2D eigenvalue weighted by Crippen LogP contribution is 2.40. The van der Waals surface area contributed by atoms with E-state index < -0.39 is 6.04 Å². The van der Waals surface area contributed by atoms with Crippen molar-refractivity contribution < 1.29 is 19.1 Å². The smallest absolute Gasteiger partial charge is 0.251 e. The van der Waals surface area contributed by atoms with Gasteiger partial charge in [-0.25, -0.2) is 0 Å². The molecule has 2 unspecified atom stereocenters. The SMILES string of the molecule is COc1cccc(C(CNC(=O)C(C)NC(=O)c2ccccc2)c2c[nH]c3ccccc23)c1OC. The lowest BCUT2D eigenvalue weighted by Gasteiger charge is -2.23. The highest BCUT2D eigenvalue weighted by molar-refractivity contribution is 5.97. The number of nitrogens with one attached hydrogen (secondary N) is 3. The van der Waals surface area contributed by atoms with Crippen molar-refractivity contribution in [3.05, 3.63) is 95.7 Å². The molecule has 0 bridgehead atoms. The third-order valence-corrected chi connectivity index (χ3v) is 6.06. The van der Waals surface area contributed by atoms with E-state index in [2.05, 4.69) is 15.6 Å². The second kappa shape index (κ2) is 10.8. The highest BCUT2D eigenvalue weighted by atomic mass is 16.5. The first-order valence-corrected chi connectivity index (χ1v) is 11.4. The minimum Gasteiger partial charge on any atom is -0.493 e. The number of benzene rings is 3. The van der Waals surface area contributed by atoms with Crippen molar-refractivity contribution in [2.45, 2.75) is 18.9 Å². The van der Waals surface area contributed by atoms with Gasteiger partial charge in [0.2, 0.25) is 5.91 Å². The predicted octanol–water partition coefficient (Wildman–Crippen LogP) is 4.25. The molecule has 180 valence electrons. The minimum atomic E-state index is -0.710. The van der Waals surface area contributed by atoms with E-state index in [0.29, 0.717) is 23.6 Å². The van der Waals surface area contributed by atoms with Gasteiger partial charge in [0.15, 0.2) is 11.5 Å². The Labute approximate surface area is 204 Å². The van der Waals surface area contributed by atoms with Gasteiger partial charge in [-0.1, -0.05) is 48.5 Å². The summed E-state index contributed by atoms with van der Waals surface area (Å²) < 4.78 is 11.2. The van der Waals surface area contributed by atoms with Gasteiger partial charge in [-0.05, 0) is 36.8 Å². The molecule has 2 amide bonds. The van der Waals surface area contributed by atoms with Gasteiger partial charge < -0.3 is 25.1 Å². The summed E-state index contributed by atoms with van der Waals surface area (Å²) in [6, 6.07) is 21.9. The highest BCUT2D eigenvalue weighted by Gasteiger charge is 2.25. The van der Waals surface area contributed by atoms with Crippen LogP contribution >= 0.6 is 0 Å². The Kier molecular flexibility index (Phi) is 7.35. The summed E-state index contributed by atoms with van der Waals surface area (Å²) in [4.78, 5) is 28.8. The van der Waals surface area contributed by atoms with E-state index in [1.165, 1.54) is 0 Å². The number of rotatable bonds is 9. The van der Waals surface area contributed by atoms with Gasteiger partial charge in [-0.15, -0.1) is 0 Å². The van der Waals surface area contributed by atoms with E-state index in [1.807, 2.05) is 54.7 Å². The van der Waals surface area contributed by atoms with Gasteiger partial charge in [-0.2, -0.15) is 0 Å². The van der Waals surface area contributed by atoms with Gasteiger partial charge in [0, 0.05) is 40.7 Å². The number of para-hydroxylation sites is 2. The van der Waals surface area contributed by atoms with E-state index in [0.717, 1.165) is 22.0 Å². The van der Waals surface area contributed by atoms with Crippen LogP contribution in [0.4, 0.5) is 0 Å². The van der Waals surface area contributed by atoms with Gasteiger partial charge >= 0.3 is 0 Å².